The molecule has 0 spiro atoms. The zero-order valence-electron chi connectivity index (χ0n) is 13.6. The molecule has 1 fully saturated rings. The van der Waals surface area contributed by atoms with Crippen molar-refractivity contribution < 1.29 is 19.5 Å². The van der Waals surface area contributed by atoms with Crippen molar-refractivity contribution in [1.29, 1.82) is 0 Å². The Labute approximate surface area is 144 Å². The minimum absolute atomic E-state index is 0.195. The number of aliphatic carboxylic acids is 1. The first-order valence-electron chi connectivity index (χ1n) is 7.74. The maximum Gasteiger partial charge on any atom is 0.328 e. The molecule has 128 valence electrons. The lowest BCUT2D eigenvalue weighted by Crippen LogP contribution is -2.44. The number of urea groups is 1. The smallest absolute Gasteiger partial charge is 0.328 e. The molecule has 0 aliphatic carbocycles. The summed E-state index contributed by atoms with van der Waals surface area (Å²) in [5, 5.41) is 9.05. The Hall–Kier alpha value is -3.22. The summed E-state index contributed by atoms with van der Waals surface area (Å²) >= 11 is 0. The van der Waals surface area contributed by atoms with Gasteiger partial charge < -0.3 is 10.0 Å². The van der Waals surface area contributed by atoms with E-state index in [0.717, 1.165) is 10.5 Å². The third-order valence-corrected chi connectivity index (χ3v) is 4.38. The number of carboxylic acids is 1. The number of carbonyl (C=O) groups excluding carboxylic acids is 2. The van der Waals surface area contributed by atoms with Crippen LogP contribution in [-0.4, -0.2) is 44.3 Å². The van der Waals surface area contributed by atoms with Crippen LogP contribution in [0.1, 0.15) is 18.1 Å². The second kappa shape index (κ2) is 6.35. The van der Waals surface area contributed by atoms with Crippen LogP contribution in [-0.2, 0) is 21.7 Å². The zero-order chi connectivity index (χ0) is 18.0. The van der Waals surface area contributed by atoms with Crippen LogP contribution in [0.3, 0.4) is 0 Å². The van der Waals surface area contributed by atoms with E-state index in [9.17, 15) is 14.4 Å². The fourth-order valence-corrected chi connectivity index (χ4v) is 3.02. The number of amides is 3. The van der Waals surface area contributed by atoms with Crippen molar-refractivity contribution in [2.24, 2.45) is 0 Å². The first kappa shape index (κ1) is 16.6. The quantitative estimate of drug-likeness (QED) is 0.840. The lowest BCUT2D eigenvalue weighted by atomic mass is 9.90. The van der Waals surface area contributed by atoms with Crippen LogP contribution in [0, 0.1) is 0 Å². The number of carboxylic acid groups (broad SMARTS) is 1. The summed E-state index contributed by atoms with van der Waals surface area (Å²) in [4.78, 5) is 43.0. The highest BCUT2D eigenvalue weighted by Gasteiger charge is 2.55. The lowest BCUT2D eigenvalue weighted by molar-refractivity contribution is -0.143. The molecule has 1 unspecified atom stereocenters. The second-order valence-corrected chi connectivity index (χ2v) is 5.95. The number of imide groups is 1. The van der Waals surface area contributed by atoms with Gasteiger partial charge in [-0.25, -0.2) is 4.79 Å². The molecule has 3 rings (SSSR count). The summed E-state index contributed by atoms with van der Waals surface area (Å²) < 4.78 is 0. The van der Waals surface area contributed by atoms with Gasteiger partial charge in [-0.1, -0.05) is 30.3 Å². The number of hydrogen-bond acceptors (Lipinski definition) is 4. The molecule has 7 nitrogen and oxygen atoms in total. The number of hydrogen-bond donors (Lipinski definition) is 1. The van der Waals surface area contributed by atoms with Crippen LogP contribution in [0.2, 0.25) is 0 Å². The van der Waals surface area contributed by atoms with Crippen LogP contribution >= 0.6 is 0 Å². The predicted octanol–water partition coefficient (Wildman–Crippen LogP) is 1.85. The molecule has 2 heterocycles. The van der Waals surface area contributed by atoms with Gasteiger partial charge in [0.1, 0.15) is 12.1 Å². The zero-order valence-corrected chi connectivity index (χ0v) is 13.6. The second-order valence-electron chi connectivity index (χ2n) is 5.95. The van der Waals surface area contributed by atoms with Crippen molar-refractivity contribution in [3.8, 4) is 0 Å². The van der Waals surface area contributed by atoms with Gasteiger partial charge in [0.15, 0.2) is 0 Å². The topological polar surface area (TPSA) is 90.8 Å². The fraction of sp³-hybridized carbons (Fsp3) is 0.222. The number of benzene rings is 1. The van der Waals surface area contributed by atoms with Gasteiger partial charge in [-0.15, -0.1) is 0 Å². The first-order chi connectivity index (χ1) is 11.9. The van der Waals surface area contributed by atoms with E-state index in [0.29, 0.717) is 5.56 Å². The summed E-state index contributed by atoms with van der Waals surface area (Å²) in [7, 11) is 0. The minimum Gasteiger partial charge on any atom is -0.480 e. The van der Waals surface area contributed by atoms with E-state index in [1.807, 2.05) is 30.3 Å². The van der Waals surface area contributed by atoms with Crippen molar-refractivity contribution >= 4 is 17.9 Å². The van der Waals surface area contributed by atoms with Gasteiger partial charge in [-0.3, -0.25) is 19.5 Å². The van der Waals surface area contributed by atoms with Crippen molar-refractivity contribution in [3.05, 3.63) is 66.0 Å². The van der Waals surface area contributed by atoms with E-state index >= 15 is 0 Å². The largest absolute Gasteiger partial charge is 0.480 e. The molecular weight excluding hydrogens is 322 g/mol. The van der Waals surface area contributed by atoms with E-state index < -0.39 is 30.0 Å². The molecule has 2 aromatic rings. The lowest BCUT2D eigenvalue weighted by Gasteiger charge is -2.32. The highest BCUT2D eigenvalue weighted by atomic mass is 16.4. The Morgan fingerprint density at radius 3 is 2.36 bits per heavy atom. The van der Waals surface area contributed by atoms with E-state index in [2.05, 4.69) is 4.98 Å². The third-order valence-electron chi connectivity index (χ3n) is 4.38. The Balaban J connectivity index is 2.06. The molecular formula is C18H17N3O4. The summed E-state index contributed by atoms with van der Waals surface area (Å²) in [5.41, 5.74) is 0.150. The molecule has 1 saturated heterocycles. The molecule has 0 saturated carbocycles. The Morgan fingerprint density at radius 1 is 1.12 bits per heavy atom. The summed E-state index contributed by atoms with van der Waals surface area (Å²) in [6.45, 7) is 1.16. The summed E-state index contributed by atoms with van der Waals surface area (Å²) in [6, 6.07) is 12.0. The average Bonchev–Trinajstić information content (AvgIpc) is 2.79. The van der Waals surface area contributed by atoms with Gasteiger partial charge >= 0.3 is 12.0 Å². The van der Waals surface area contributed by atoms with Crippen molar-refractivity contribution in [3.63, 3.8) is 0 Å². The first-order valence-corrected chi connectivity index (χ1v) is 7.74. The SMILES string of the molecule is CC1(c2ccncc2)C(=O)N(CC(=O)O)C(=O)N1Cc1ccccc1. The van der Waals surface area contributed by atoms with Crippen molar-refractivity contribution in [2.75, 3.05) is 6.54 Å². The van der Waals surface area contributed by atoms with Gasteiger partial charge in [0.05, 0.1) is 0 Å². The molecule has 1 N–H and O–H groups in total. The maximum atomic E-state index is 13.0. The van der Waals surface area contributed by atoms with Crippen molar-refractivity contribution in [1.82, 2.24) is 14.8 Å². The highest BCUT2D eigenvalue weighted by Crippen LogP contribution is 2.38. The van der Waals surface area contributed by atoms with Gasteiger partial charge in [0.25, 0.3) is 5.91 Å². The molecule has 1 aromatic carbocycles. The van der Waals surface area contributed by atoms with E-state index in [1.165, 1.54) is 4.90 Å². The molecule has 0 bridgehead atoms. The van der Waals surface area contributed by atoms with Crippen LogP contribution in [0.25, 0.3) is 0 Å². The highest BCUT2D eigenvalue weighted by molar-refractivity contribution is 6.08. The number of nitrogens with zero attached hydrogens (tertiary/aromatic N) is 3. The maximum absolute atomic E-state index is 13.0. The van der Waals surface area contributed by atoms with E-state index in [-0.39, 0.29) is 6.54 Å². The number of pyridine rings is 1. The van der Waals surface area contributed by atoms with Gasteiger partial charge in [-0.2, -0.15) is 0 Å². The van der Waals surface area contributed by atoms with E-state index in [1.54, 1.807) is 31.5 Å². The molecule has 3 amide bonds. The molecule has 1 aliphatic rings. The standard InChI is InChI=1S/C18H17N3O4/c1-18(14-7-9-19-10-8-14)16(24)20(12-15(22)23)17(25)21(18)11-13-5-3-2-4-6-13/h2-10H,11-12H2,1H3,(H,22,23). The number of carbonyl (C=O) groups is 3. The normalized spacial score (nSPS) is 20.2. The van der Waals surface area contributed by atoms with Crippen LogP contribution in [0.5, 0.6) is 0 Å². The molecule has 1 aliphatic heterocycles. The molecule has 7 heteroatoms. The molecule has 1 atom stereocenters. The van der Waals surface area contributed by atoms with Crippen LogP contribution < -0.4 is 0 Å². The van der Waals surface area contributed by atoms with Crippen LogP contribution in [0.4, 0.5) is 4.79 Å². The Morgan fingerprint density at radius 2 is 1.76 bits per heavy atom. The third kappa shape index (κ3) is 2.84. The molecule has 25 heavy (non-hydrogen) atoms. The minimum atomic E-state index is -1.29. The Bertz CT molecular complexity index is 810. The van der Waals surface area contributed by atoms with Gasteiger partial charge in [0.2, 0.25) is 0 Å². The van der Waals surface area contributed by atoms with Gasteiger partial charge in [-0.05, 0) is 30.2 Å². The summed E-state index contributed by atoms with van der Waals surface area (Å²) in [6.07, 6.45) is 3.08. The Kier molecular flexibility index (Phi) is 4.22. The van der Waals surface area contributed by atoms with Crippen LogP contribution in [0.15, 0.2) is 54.9 Å². The molecule has 0 radical (unpaired) electrons. The van der Waals surface area contributed by atoms with Crippen molar-refractivity contribution in [2.45, 2.75) is 19.0 Å². The van der Waals surface area contributed by atoms with E-state index in [4.69, 9.17) is 5.11 Å². The molecule has 1 aromatic heterocycles. The monoisotopic (exact) mass is 339 g/mol. The number of aromatic nitrogens is 1. The van der Waals surface area contributed by atoms with Gasteiger partial charge in [0, 0.05) is 18.9 Å². The average molecular weight is 339 g/mol. The number of rotatable bonds is 5. The predicted molar refractivity (Wildman–Crippen MR) is 88.3 cm³/mol. The summed E-state index contributed by atoms with van der Waals surface area (Å²) in [5.74, 6) is -1.79. The fourth-order valence-electron chi connectivity index (χ4n) is 3.02.